The smallest absolute Gasteiger partial charge is 0.217 e. The molecule has 0 spiro atoms. The van der Waals surface area contributed by atoms with Gasteiger partial charge in [-0.05, 0) is 49.2 Å². The second kappa shape index (κ2) is 9.20. The fourth-order valence-electron chi connectivity index (χ4n) is 3.42. The number of likely N-dealkylation sites (tertiary alicyclic amines) is 1. The molecule has 0 bridgehead atoms. The molecule has 6 heteroatoms. The molecule has 1 amide bonds. The number of rotatable bonds is 6. The van der Waals surface area contributed by atoms with Crippen LogP contribution in [0.15, 0.2) is 42.5 Å². The molecule has 0 aliphatic carbocycles. The highest BCUT2D eigenvalue weighted by Gasteiger charge is 2.20. The van der Waals surface area contributed by atoms with Crippen molar-refractivity contribution in [2.24, 2.45) is 0 Å². The van der Waals surface area contributed by atoms with Gasteiger partial charge < -0.3 is 10.1 Å². The average Bonchev–Trinajstić information content (AvgIpc) is 2.61. The minimum atomic E-state index is -0.365. The van der Waals surface area contributed by atoms with Crippen LogP contribution in [0.3, 0.4) is 0 Å². The van der Waals surface area contributed by atoms with Gasteiger partial charge in [0, 0.05) is 31.6 Å². The number of halogens is 2. The van der Waals surface area contributed by atoms with E-state index < -0.39 is 0 Å². The minimum Gasteiger partial charge on any atom is -0.489 e. The number of carbonyl (C=O) groups excluding carboxylic acids is 1. The maximum atomic E-state index is 13.9. The lowest BCUT2D eigenvalue weighted by molar-refractivity contribution is -0.120. The lowest BCUT2D eigenvalue weighted by atomic mass is 10.0. The van der Waals surface area contributed by atoms with Crippen molar-refractivity contribution < 1.29 is 13.9 Å². The maximum absolute atomic E-state index is 13.9. The molecule has 1 heterocycles. The van der Waals surface area contributed by atoms with Crippen LogP contribution in [0.2, 0.25) is 5.02 Å². The van der Waals surface area contributed by atoms with Gasteiger partial charge in [0.05, 0.1) is 5.02 Å². The summed E-state index contributed by atoms with van der Waals surface area (Å²) in [7, 11) is 0. The van der Waals surface area contributed by atoms with Crippen LogP contribution in [0, 0.1) is 5.82 Å². The summed E-state index contributed by atoms with van der Waals surface area (Å²) < 4.78 is 19.6. The van der Waals surface area contributed by atoms with Gasteiger partial charge in [0.15, 0.2) is 0 Å². The quantitative estimate of drug-likeness (QED) is 0.805. The van der Waals surface area contributed by atoms with Crippen molar-refractivity contribution in [1.29, 1.82) is 0 Å². The molecule has 1 fully saturated rings. The van der Waals surface area contributed by atoms with E-state index in [1.54, 1.807) is 19.1 Å². The number of amides is 1. The number of hydrogen-bond acceptors (Lipinski definition) is 3. The predicted molar refractivity (Wildman–Crippen MR) is 104 cm³/mol. The van der Waals surface area contributed by atoms with Crippen LogP contribution in [0.25, 0.3) is 0 Å². The Bertz CT molecular complexity index is 779. The van der Waals surface area contributed by atoms with E-state index in [0.29, 0.717) is 16.3 Å². The number of benzene rings is 2. The van der Waals surface area contributed by atoms with E-state index >= 15 is 0 Å². The second-order valence-electron chi connectivity index (χ2n) is 6.91. The Morgan fingerprint density at radius 1 is 1.33 bits per heavy atom. The summed E-state index contributed by atoms with van der Waals surface area (Å²) in [5, 5.41) is 3.37. The Labute approximate surface area is 164 Å². The van der Waals surface area contributed by atoms with Gasteiger partial charge in [-0.2, -0.15) is 0 Å². The van der Waals surface area contributed by atoms with Crippen LogP contribution in [-0.2, 0) is 17.9 Å². The molecular weight excluding hydrogens is 367 g/mol. The Morgan fingerprint density at radius 3 is 2.93 bits per heavy atom. The van der Waals surface area contributed by atoms with Crippen LogP contribution < -0.4 is 10.1 Å². The zero-order valence-electron chi connectivity index (χ0n) is 15.4. The van der Waals surface area contributed by atoms with Gasteiger partial charge in [0.25, 0.3) is 0 Å². The number of nitrogens with one attached hydrogen (secondary N) is 1. The largest absolute Gasteiger partial charge is 0.489 e. The van der Waals surface area contributed by atoms with Crippen LogP contribution in [0.5, 0.6) is 5.75 Å². The molecule has 0 radical (unpaired) electrons. The summed E-state index contributed by atoms with van der Waals surface area (Å²) in [6.45, 7) is 4.28. The van der Waals surface area contributed by atoms with Gasteiger partial charge in [-0.15, -0.1) is 0 Å². The third-order valence-electron chi connectivity index (χ3n) is 4.66. The molecule has 0 aromatic heterocycles. The number of carbonyl (C=O) groups is 1. The van der Waals surface area contributed by atoms with E-state index in [2.05, 4.69) is 10.2 Å². The monoisotopic (exact) mass is 390 g/mol. The van der Waals surface area contributed by atoms with E-state index in [1.807, 2.05) is 24.3 Å². The van der Waals surface area contributed by atoms with E-state index in [0.717, 1.165) is 38.0 Å². The van der Waals surface area contributed by atoms with E-state index in [9.17, 15) is 9.18 Å². The Balaban J connectivity index is 1.59. The van der Waals surface area contributed by atoms with Gasteiger partial charge in [-0.3, -0.25) is 9.69 Å². The highest BCUT2D eigenvalue weighted by Crippen LogP contribution is 2.23. The van der Waals surface area contributed by atoms with E-state index in [-0.39, 0.29) is 24.4 Å². The number of ether oxygens (including phenoxy) is 1. The third kappa shape index (κ3) is 5.68. The molecule has 1 aliphatic rings. The molecule has 1 aliphatic heterocycles. The first-order valence-corrected chi connectivity index (χ1v) is 9.53. The van der Waals surface area contributed by atoms with Crippen molar-refractivity contribution in [3.05, 3.63) is 64.4 Å². The highest BCUT2D eigenvalue weighted by molar-refractivity contribution is 6.31. The van der Waals surface area contributed by atoms with Crippen molar-refractivity contribution in [3.8, 4) is 5.75 Å². The Kier molecular flexibility index (Phi) is 6.69. The SMILES string of the molecule is CC(=O)NC1CCCN(Cc2cccc(OCc3c(F)cccc3Cl)c2)C1. The van der Waals surface area contributed by atoms with Gasteiger partial charge in [0.1, 0.15) is 18.2 Å². The molecule has 1 unspecified atom stereocenters. The number of piperidine rings is 1. The number of nitrogens with zero attached hydrogens (tertiary/aromatic N) is 1. The summed E-state index contributed by atoms with van der Waals surface area (Å²) in [4.78, 5) is 13.6. The minimum absolute atomic E-state index is 0.0176. The lowest BCUT2D eigenvalue weighted by Gasteiger charge is -2.33. The zero-order chi connectivity index (χ0) is 19.2. The standard InChI is InChI=1S/C21H24ClFN2O2/c1-15(26)24-17-6-4-10-25(13-17)12-16-5-2-7-18(11-16)27-14-19-20(22)8-3-9-21(19)23/h2-3,5,7-9,11,17H,4,6,10,12-14H2,1H3,(H,24,26). The second-order valence-corrected chi connectivity index (χ2v) is 7.32. The summed E-state index contributed by atoms with van der Waals surface area (Å²) >= 11 is 6.05. The normalized spacial score (nSPS) is 17.5. The molecule has 27 heavy (non-hydrogen) atoms. The maximum Gasteiger partial charge on any atom is 0.217 e. The Morgan fingerprint density at radius 2 is 2.15 bits per heavy atom. The highest BCUT2D eigenvalue weighted by atomic mass is 35.5. The van der Waals surface area contributed by atoms with Crippen molar-refractivity contribution in [2.75, 3.05) is 13.1 Å². The molecule has 2 aromatic carbocycles. The summed E-state index contributed by atoms with van der Waals surface area (Å²) in [6, 6.07) is 12.6. The van der Waals surface area contributed by atoms with Gasteiger partial charge >= 0.3 is 0 Å². The van der Waals surface area contributed by atoms with E-state index in [4.69, 9.17) is 16.3 Å². The molecule has 1 saturated heterocycles. The first kappa shape index (κ1) is 19.6. The van der Waals surface area contributed by atoms with E-state index in [1.165, 1.54) is 6.07 Å². The van der Waals surface area contributed by atoms with Crippen molar-refractivity contribution >= 4 is 17.5 Å². The average molecular weight is 391 g/mol. The van der Waals surface area contributed by atoms with Crippen LogP contribution in [0.1, 0.15) is 30.9 Å². The topological polar surface area (TPSA) is 41.6 Å². The van der Waals surface area contributed by atoms with Crippen LogP contribution in [0.4, 0.5) is 4.39 Å². The van der Waals surface area contributed by atoms with Crippen molar-refractivity contribution in [2.45, 2.75) is 39.0 Å². The first-order valence-electron chi connectivity index (χ1n) is 9.15. The van der Waals surface area contributed by atoms with Gasteiger partial charge in [0.2, 0.25) is 5.91 Å². The van der Waals surface area contributed by atoms with Crippen LogP contribution >= 0.6 is 11.6 Å². The number of hydrogen-bond donors (Lipinski definition) is 1. The summed E-state index contributed by atoms with van der Waals surface area (Å²) in [5.74, 6) is 0.335. The first-order chi connectivity index (χ1) is 13.0. The summed E-state index contributed by atoms with van der Waals surface area (Å²) in [6.07, 6.45) is 2.08. The molecule has 3 rings (SSSR count). The van der Waals surface area contributed by atoms with Gasteiger partial charge in [-0.25, -0.2) is 4.39 Å². The van der Waals surface area contributed by atoms with Gasteiger partial charge in [-0.1, -0.05) is 29.8 Å². The molecule has 1 atom stereocenters. The fraction of sp³-hybridized carbons (Fsp3) is 0.381. The molecule has 2 aromatic rings. The van der Waals surface area contributed by atoms with Crippen LogP contribution in [-0.4, -0.2) is 29.9 Å². The Hall–Kier alpha value is -2.11. The van der Waals surface area contributed by atoms with Crippen molar-refractivity contribution in [1.82, 2.24) is 10.2 Å². The predicted octanol–water partition coefficient (Wildman–Crippen LogP) is 4.16. The van der Waals surface area contributed by atoms with Crippen molar-refractivity contribution in [3.63, 3.8) is 0 Å². The molecular formula is C21H24ClFN2O2. The molecule has 4 nitrogen and oxygen atoms in total. The molecule has 1 N–H and O–H groups in total. The zero-order valence-corrected chi connectivity index (χ0v) is 16.1. The third-order valence-corrected chi connectivity index (χ3v) is 5.02. The lowest BCUT2D eigenvalue weighted by Crippen LogP contribution is -2.46. The molecule has 144 valence electrons. The fourth-order valence-corrected chi connectivity index (χ4v) is 3.64. The summed E-state index contributed by atoms with van der Waals surface area (Å²) in [5.41, 5.74) is 1.48. The molecule has 0 saturated carbocycles.